The Balaban J connectivity index is 3.32. The lowest BCUT2D eigenvalue weighted by Gasteiger charge is -2.19. The molecule has 2 nitrogen and oxygen atoms in total. The van der Waals surface area contributed by atoms with Crippen LogP contribution in [-0.4, -0.2) is 4.98 Å². The van der Waals surface area contributed by atoms with Gasteiger partial charge in [-0.05, 0) is 6.92 Å². The first kappa shape index (κ1) is 13.7. The molecule has 1 rings (SSSR count). The SMILES string of the molecule is CC(N)c1sc(C(C)(C)C)nc1C(C)(C)C. The largest absolute Gasteiger partial charge is 0.323 e. The second-order valence-corrected chi connectivity index (χ2v) is 7.55. The summed E-state index contributed by atoms with van der Waals surface area (Å²) < 4.78 is 0. The van der Waals surface area contributed by atoms with Crippen molar-refractivity contribution in [3.63, 3.8) is 0 Å². The Morgan fingerprint density at radius 2 is 1.56 bits per heavy atom. The number of rotatable bonds is 1. The third-order valence-electron chi connectivity index (χ3n) is 2.42. The first-order chi connectivity index (χ1) is 7.03. The molecule has 16 heavy (non-hydrogen) atoms. The van der Waals surface area contributed by atoms with Gasteiger partial charge in [0, 0.05) is 21.7 Å². The van der Waals surface area contributed by atoms with E-state index in [1.54, 1.807) is 11.3 Å². The molecule has 0 radical (unpaired) electrons. The van der Waals surface area contributed by atoms with Crippen molar-refractivity contribution in [3.05, 3.63) is 15.6 Å². The van der Waals surface area contributed by atoms with Gasteiger partial charge in [0.15, 0.2) is 0 Å². The number of thiazole rings is 1. The average Bonchev–Trinajstić information content (AvgIpc) is 2.44. The molecule has 0 amide bonds. The Labute approximate surface area is 103 Å². The van der Waals surface area contributed by atoms with Crippen LogP contribution in [-0.2, 0) is 10.8 Å². The highest BCUT2D eigenvalue weighted by Gasteiger charge is 2.28. The van der Waals surface area contributed by atoms with Crippen LogP contribution in [0.2, 0.25) is 0 Å². The highest BCUT2D eigenvalue weighted by Crippen LogP contribution is 2.37. The van der Waals surface area contributed by atoms with Gasteiger partial charge in [-0.15, -0.1) is 11.3 Å². The quantitative estimate of drug-likeness (QED) is 0.812. The molecule has 0 bridgehead atoms. The van der Waals surface area contributed by atoms with E-state index in [0.29, 0.717) is 0 Å². The van der Waals surface area contributed by atoms with E-state index in [4.69, 9.17) is 10.7 Å². The molecule has 1 aromatic heterocycles. The fraction of sp³-hybridized carbons (Fsp3) is 0.769. The van der Waals surface area contributed by atoms with Crippen molar-refractivity contribution in [2.45, 2.75) is 65.3 Å². The van der Waals surface area contributed by atoms with Gasteiger partial charge in [0.2, 0.25) is 0 Å². The van der Waals surface area contributed by atoms with Crippen LogP contribution in [0.25, 0.3) is 0 Å². The van der Waals surface area contributed by atoms with Crippen LogP contribution in [0.15, 0.2) is 0 Å². The van der Waals surface area contributed by atoms with Gasteiger partial charge in [0.05, 0.1) is 10.7 Å². The van der Waals surface area contributed by atoms with Crippen LogP contribution in [0.4, 0.5) is 0 Å². The van der Waals surface area contributed by atoms with Gasteiger partial charge in [-0.2, -0.15) is 0 Å². The van der Waals surface area contributed by atoms with Crippen LogP contribution in [0.5, 0.6) is 0 Å². The van der Waals surface area contributed by atoms with Crippen molar-refractivity contribution in [2.75, 3.05) is 0 Å². The lowest BCUT2D eigenvalue weighted by molar-refractivity contribution is 0.539. The van der Waals surface area contributed by atoms with Crippen molar-refractivity contribution >= 4 is 11.3 Å². The summed E-state index contributed by atoms with van der Waals surface area (Å²) >= 11 is 1.77. The van der Waals surface area contributed by atoms with Crippen LogP contribution in [0, 0.1) is 0 Å². The van der Waals surface area contributed by atoms with Crippen LogP contribution < -0.4 is 5.73 Å². The second kappa shape index (κ2) is 4.11. The molecule has 0 aliphatic heterocycles. The average molecular weight is 240 g/mol. The van der Waals surface area contributed by atoms with E-state index in [0.717, 1.165) is 5.69 Å². The lowest BCUT2D eigenvalue weighted by Crippen LogP contribution is -2.18. The van der Waals surface area contributed by atoms with Gasteiger partial charge >= 0.3 is 0 Å². The Hall–Kier alpha value is -0.410. The summed E-state index contributed by atoms with van der Waals surface area (Å²) in [5, 5.41) is 1.18. The molecule has 0 saturated heterocycles. The highest BCUT2D eigenvalue weighted by atomic mass is 32.1. The van der Waals surface area contributed by atoms with Crippen LogP contribution >= 0.6 is 11.3 Å². The fourth-order valence-corrected chi connectivity index (χ4v) is 2.78. The van der Waals surface area contributed by atoms with Crippen molar-refractivity contribution in [2.24, 2.45) is 5.73 Å². The summed E-state index contributed by atoms with van der Waals surface area (Å²) in [7, 11) is 0. The third-order valence-corrected chi connectivity index (χ3v) is 4.10. The highest BCUT2D eigenvalue weighted by molar-refractivity contribution is 7.12. The number of nitrogens with zero attached hydrogens (tertiary/aromatic N) is 1. The fourth-order valence-electron chi connectivity index (χ4n) is 1.50. The monoisotopic (exact) mass is 240 g/mol. The summed E-state index contributed by atoms with van der Waals surface area (Å²) in [5.74, 6) is 0. The Bertz CT molecular complexity index is 364. The van der Waals surface area contributed by atoms with E-state index in [-0.39, 0.29) is 16.9 Å². The lowest BCUT2D eigenvalue weighted by atomic mass is 9.90. The number of hydrogen-bond acceptors (Lipinski definition) is 3. The molecular weight excluding hydrogens is 216 g/mol. The molecule has 1 aromatic rings. The van der Waals surface area contributed by atoms with E-state index in [1.807, 2.05) is 6.92 Å². The second-order valence-electron chi connectivity index (χ2n) is 6.52. The Morgan fingerprint density at radius 3 is 1.81 bits per heavy atom. The summed E-state index contributed by atoms with van der Waals surface area (Å²) in [6.07, 6.45) is 0. The first-order valence-corrected chi connectivity index (χ1v) is 6.62. The Kier molecular flexibility index (Phi) is 3.51. The van der Waals surface area contributed by atoms with Crippen molar-refractivity contribution in [1.29, 1.82) is 0 Å². The maximum atomic E-state index is 6.04. The number of aromatic nitrogens is 1. The van der Waals surface area contributed by atoms with Gasteiger partial charge in [0.1, 0.15) is 0 Å². The maximum absolute atomic E-state index is 6.04. The summed E-state index contributed by atoms with van der Waals surface area (Å²) in [4.78, 5) is 6.05. The number of nitrogens with two attached hydrogens (primary N) is 1. The normalized spacial score (nSPS) is 15.2. The molecule has 3 heteroatoms. The van der Waals surface area contributed by atoms with Gasteiger partial charge in [-0.1, -0.05) is 41.5 Å². The van der Waals surface area contributed by atoms with Crippen molar-refractivity contribution < 1.29 is 0 Å². The molecule has 0 fully saturated rings. The number of hydrogen-bond donors (Lipinski definition) is 1. The van der Waals surface area contributed by atoms with Gasteiger partial charge < -0.3 is 5.73 Å². The summed E-state index contributed by atoms with van der Waals surface area (Å²) in [6.45, 7) is 15.2. The minimum absolute atomic E-state index is 0.0721. The van der Waals surface area contributed by atoms with E-state index >= 15 is 0 Å². The zero-order valence-electron chi connectivity index (χ0n) is 11.5. The zero-order chi connectivity index (χ0) is 12.7. The third kappa shape index (κ3) is 2.83. The molecule has 0 aliphatic rings. The molecular formula is C13H24N2S. The minimum atomic E-state index is 0.0721. The van der Waals surface area contributed by atoms with E-state index in [1.165, 1.54) is 9.88 Å². The zero-order valence-corrected chi connectivity index (χ0v) is 12.3. The minimum Gasteiger partial charge on any atom is -0.323 e. The van der Waals surface area contributed by atoms with Crippen LogP contribution in [0.3, 0.4) is 0 Å². The molecule has 0 aliphatic carbocycles. The molecule has 0 saturated carbocycles. The molecule has 0 aromatic carbocycles. The molecule has 1 atom stereocenters. The van der Waals surface area contributed by atoms with Crippen molar-refractivity contribution in [3.8, 4) is 0 Å². The van der Waals surface area contributed by atoms with Crippen LogP contribution in [0.1, 0.15) is 70.1 Å². The molecule has 1 unspecified atom stereocenters. The molecule has 92 valence electrons. The topological polar surface area (TPSA) is 38.9 Å². The first-order valence-electron chi connectivity index (χ1n) is 5.80. The Morgan fingerprint density at radius 1 is 1.06 bits per heavy atom. The summed E-state index contributed by atoms with van der Waals surface area (Å²) in [5.41, 5.74) is 7.38. The van der Waals surface area contributed by atoms with Gasteiger partial charge in [-0.25, -0.2) is 4.98 Å². The summed E-state index contributed by atoms with van der Waals surface area (Å²) in [6, 6.07) is 0.0721. The predicted molar refractivity (Wildman–Crippen MR) is 72.1 cm³/mol. The van der Waals surface area contributed by atoms with Crippen molar-refractivity contribution in [1.82, 2.24) is 4.98 Å². The van der Waals surface area contributed by atoms with E-state index in [9.17, 15) is 0 Å². The predicted octanol–water partition coefficient (Wildman–Crippen LogP) is 3.76. The molecule has 0 spiro atoms. The smallest absolute Gasteiger partial charge is 0.0985 e. The van der Waals surface area contributed by atoms with Gasteiger partial charge in [-0.3, -0.25) is 0 Å². The van der Waals surface area contributed by atoms with Gasteiger partial charge in [0.25, 0.3) is 0 Å². The van der Waals surface area contributed by atoms with E-state index in [2.05, 4.69) is 41.5 Å². The molecule has 2 N–H and O–H groups in total. The maximum Gasteiger partial charge on any atom is 0.0985 e. The standard InChI is InChI=1S/C13H24N2S/c1-8(14)9-10(12(2,3)4)15-11(16-9)13(5,6)7/h8H,14H2,1-7H3. The molecule has 1 heterocycles. The van der Waals surface area contributed by atoms with E-state index < -0.39 is 0 Å².